The lowest BCUT2D eigenvalue weighted by Gasteiger charge is -2.12. The lowest BCUT2D eigenvalue weighted by molar-refractivity contribution is -0.384. The van der Waals surface area contributed by atoms with Crippen molar-refractivity contribution in [2.24, 2.45) is 0 Å². The molecule has 0 aliphatic carbocycles. The van der Waals surface area contributed by atoms with Gasteiger partial charge in [0.15, 0.2) is 0 Å². The number of amides is 1. The fourth-order valence-corrected chi connectivity index (χ4v) is 2.17. The molecular weight excluding hydrogens is 294 g/mol. The van der Waals surface area contributed by atoms with Gasteiger partial charge in [-0.2, -0.15) is 0 Å². The molecule has 6 nitrogen and oxygen atoms in total. The van der Waals surface area contributed by atoms with Crippen LogP contribution < -0.4 is 10.6 Å². The van der Waals surface area contributed by atoms with Crippen LogP contribution in [0.25, 0.3) is 0 Å². The van der Waals surface area contributed by atoms with Gasteiger partial charge in [-0.1, -0.05) is 18.2 Å². The number of anilines is 2. The van der Waals surface area contributed by atoms with Gasteiger partial charge >= 0.3 is 0 Å². The van der Waals surface area contributed by atoms with Gasteiger partial charge in [0.2, 0.25) is 5.91 Å². The normalized spacial score (nSPS) is 10.2. The van der Waals surface area contributed by atoms with Crippen molar-refractivity contribution in [3.63, 3.8) is 0 Å². The first-order valence-electron chi connectivity index (χ1n) is 7.23. The van der Waals surface area contributed by atoms with E-state index in [0.29, 0.717) is 5.69 Å². The standard InChI is InChI=1S/C17H19N3O3/c1-11-5-4-6-15(13(11)3)19-17(21)10-18-16-9-14(20(22)23)8-7-12(16)2/h4-9,18H,10H2,1-3H3,(H,19,21). The van der Waals surface area contributed by atoms with Crippen molar-refractivity contribution in [1.29, 1.82) is 0 Å². The van der Waals surface area contributed by atoms with Gasteiger partial charge in [-0.25, -0.2) is 0 Å². The molecule has 0 heterocycles. The maximum Gasteiger partial charge on any atom is 0.271 e. The van der Waals surface area contributed by atoms with Crippen molar-refractivity contribution >= 4 is 23.0 Å². The minimum atomic E-state index is -0.458. The van der Waals surface area contributed by atoms with Crippen LogP contribution in [0.1, 0.15) is 16.7 Å². The molecule has 0 aliphatic rings. The summed E-state index contributed by atoms with van der Waals surface area (Å²) in [6, 6.07) is 10.2. The molecule has 0 fully saturated rings. The van der Waals surface area contributed by atoms with Gasteiger partial charge in [0.1, 0.15) is 0 Å². The van der Waals surface area contributed by atoms with Crippen LogP contribution in [0.5, 0.6) is 0 Å². The molecule has 0 atom stereocenters. The van der Waals surface area contributed by atoms with Crippen LogP contribution in [-0.2, 0) is 4.79 Å². The molecule has 6 heteroatoms. The predicted octanol–water partition coefficient (Wildman–Crippen LogP) is 3.57. The van der Waals surface area contributed by atoms with Gasteiger partial charge in [0, 0.05) is 23.5 Å². The van der Waals surface area contributed by atoms with Crippen molar-refractivity contribution in [1.82, 2.24) is 0 Å². The van der Waals surface area contributed by atoms with E-state index in [1.54, 1.807) is 6.07 Å². The fourth-order valence-electron chi connectivity index (χ4n) is 2.17. The lowest BCUT2D eigenvalue weighted by atomic mass is 10.1. The van der Waals surface area contributed by atoms with Gasteiger partial charge in [-0.3, -0.25) is 14.9 Å². The molecule has 120 valence electrons. The number of nitro groups is 1. The summed E-state index contributed by atoms with van der Waals surface area (Å²) in [5.74, 6) is -0.204. The minimum absolute atomic E-state index is 0.00645. The van der Waals surface area contributed by atoms with Gasteiger partial charge in [0.05, 0.1) is 11.5 Å². The van der Waals surface area contributed by atoms with E-state index in [2.05, 4.69) is 10.6 Å². The number of aryl methyl sites for hydroxylation is 2. The van der Waals surface area contributed by atoms with Crippen LogP contribution >= 0.6 is 0 Å². The number of carbonyl (C=O) groups is 1. The average molecular weight is 313 g/mol. The van der Waals surface area contributed by atoms with Crippen molar-refractivity contribution in [2.45, 2.75) is 20.8 Å². The molecular formula is C17H19N3O3. The molecule has 1 amide bonds. The Kier molecular flexibility index (Phi) is 4.95. The van der Waals surface area contributed by atoms with Crippen molar-refractivity contribution in [3.8, 4) is 0 Å². The minimum Gasteiger partial charge on any atom is -0.376 e. The number of rotatable bonds is 5. The Morgan fingerprint density at radius 3 is 2.52 bits per heavy atom. The molecule has 23 heavy (non-hydrogen) atoms. The summed E-state index contributed by atoms with van der Waals surface area (Å²) in [6.45, 7) is 5.79. The number of hydrogen-bond donors (Lipinski definition) is 2. The quantitative estimate of drug-likeness (QED) is 0.653. The first kappa shape index (κ1) is 16.5. The zero-order valence-corrected chi connectivity index (χ0v) is 13.3. The molecule has 2 aromatic carbocycles. The fraction of sp³-hybridized carbons (Fsp3) is 0.235. The molecule has 2 aromatic rings. The summed E-state index contributed by atoms with van der Waals surface area (Å²) in [6.07, 6.45) is 0. The second-order valence-corrected chi connectivity index (χ2v) is 5.41. The molecule has 2 N–H and O–H groups in total. The van der Waals surface area contributed by atoms with E-state index in [9.17, 15) is 14.9 Å². The van der Waals surface area contributed by atoms with E-state index >= 15 is 0 Å². The zero-order chi connectivity index (χ0) is 17.0. The van der Waals surface area contributed by atoms with Gasteiger partial charge in [0.25, 0.3) is 5.69 Å². The lowest BCUT2D eigenvalue weighted by Crippen LogP contribution is -2.22. The van der Waals surface area contributed by atoms with Gasteiger partial charge in [-0.05, 0) is 43.5 Å². The van der Waals surface area contributed by atoms with Crippen LogP contribution in [0.4, 0.5) is 17.1 Å². The Bertz CT molecular complexity index is 757. The van der Waals surface area contributed by atoms with Crippen molar-refractivity contribution < 1.29 is 9.72 Å². The second kappa shape index (κ2) is 6.91. The molecule has 0 unspecified atom stereocenters. The Labute approximate surface area is 134 Å². The van der Waals surface area contributed by atoms with Crippen LogP contribution in [0.3, 0.4) is 0 Å². The molecule has 0 aromatic heterocycles. The number of hydrogen-bond acceptors (Lipinski definition) is 4. The zero-order valence-electron chi connectivity index (χ0n) is 13.3. The van der Waals surface area contributed by atoms with Crippen molar-refractivity contribution in [3.05, 3.63) is 63.2 Å². The third-order valence-corrected chi connectivity index (χ3v) is 3.75. The van der Waals surface area contributed by atoms with E-state index in [1.165, 1.54) is 12.1 Å². The third kappa shape index (κ3) is 4.06. The van der Waals surface area contributed by atoms with E-state index in [4.69, 9.17) is 0 Å². The van der Waals surface area contributed by atoms with Gasteiger partial charge in [-0.15, -0.1) is 0 Å². The first-order chi connectivity index (χ1) is 10.9. The summed E-state index contributed by atoms with van der Waals surface area (Å²) in [7, 11) is 0. The Hall–Kier alpha value is -2.89. The van der Waals surface area contributed by atoms with E-state index < -0.39 is 4.92 Å². The topological polar surface area (TPSA) is 84.3 Å². The molecule has 0 bridgehead atoms. The summed E-state index contributed by atoms with van der Waals surface area (Å²) in [5, 5.41) is 16.6. The maximum absolute atomic E-state index is 12.1. The SMILES string of the molecule is Cc1ccc([N+](=O)[O-])cc1NCC(=O)Nc1cccc(C)c1C. The molecule has 2 rings (SSSR count). The molecule has 0 spiro atoms. The Morgan fingerprint density at radius 1 is 1.09 bits per heavy atom. The number of nitrogens with one attached hydrogen (secondary N) is 2. The van der Waals surface area contributed by atoms with Crippen LogP contribution in [0.15, 0.2) is 36.4 Å². The van der Waals surface area contributed by atoms with Crippen LogP contribution in [-0.4, -0.2) is 17.4 Å². The second-order valence-electron chi connectivity index (χ2n) is 5.41. The largest absolute Gasteiger partial charge is 0.376 e. The summed E-state index contributed by atoms with van der Waals surface area (Å²) in [5.41, 5.74) is 4.31. The van der Waals surface area contributed by atoms with E-state index in [-0.39, 0.29) is 18.1 Å². The highest BCUT2D eigenvalue weighted by Crippen LogP contribution is 2.22. The molecule has 0 saturated carbocycles. The number of carbonyl (C=O) groups excluding carboxylic acids is 1. The predicted molar refractivity (Wildman–Crippen MR) is 90.9 cm³/mol. The highest BCUT2D eigenvalue weighted by molar-refractivity contribution is 5.94. The maximum atomic E-state index is 12.1. The van der Waals surface area contributed by atoms with E-state index in [1.807, 2.05) is 39.0 Å². The summed E-state index contributed by atoms with van der Waals surface area (Å²) >= 11 is 0. The highest BCUT2D eigenvalue weighted by atomic mass is 16.6. The smallest absolute Gasteiger partial charge is 0.271 e. The van der Waals surface area contributed by atoms with Crippen LogP contribution in [0, 0.1) is 30.9 Å². The monoisotopic (exact) mass is 313 g/mol. The first-order valence-corrected chi connectivity index (χ1v) is 7.23. The highest BCUT2D eigenvalue weighted by Gasteiger charge is 2.10. The number of nitrogens with zero attached hydrogens (tertiary/aromatic N) is 1. The summed E-state index contributed by atoms with van der Waals surface area (Å²) in [4.78, 5) is 22.4. The molecule has 0 radical (unpaired) electrons. The van der Waals surface area contributed by atoms with E-state index in [0.717, 1.165) is 22.4 Å². The molecule has 0 aliphatic heterocycles. The number of benzene rings is 2. The molecule has 0 saturated heterocycles. The summed E-state index contributed by atoms with van der Waals surface area (Å²) < 4.78 is 0. The number of non-ortho nitro benzene ring substituents is 1. The average Bonchev–Trinajstić information content (AvgIpc) is 2.51. The number of nitro benzene ring substituents is 1. The van der Waals surface area contributed by atoms with Crippen LogP contribution in [0.2, 0.25) is 0 Å². The third-order valence-electron chi connectivity index (χ3n) is 3.75. The Morgan fingerprint density at radius 2 is 1.83 bits per heavy atom. The Balaban J connectivity index is 2.03. The van der Waals surface area contributed by atoms with Crippen molar-refractivity contribution in [2.75, 3.05) is 17.2 Å². The van der Waals surface area contributed by atoms with Gasteiger partial charge < -0.3 is 10.6 Å².